The summed E-state index contributed by atoms with van der Waals surface area (Å²) in [5.74, 6) is 0.762. The summed E-state index contributed by atoms with van der Waals surface area (Å²) >= 11 is 0. The van der Waals surface area contributed by atoms with Crippen LogP contribution in [0.5, 0.6) is 0 Å². The van der Waals surface area contributed by atoms with Crippen LogP contribution >= 0.6 is 0 Å². The Labute approximate surface area is 120 Å². The van der Waals surface area contributed by atoms with E-state index in [2.05, 4.69) is 32.3 Å². The van der Waals surface area contributed by atoms with E-state index < -0.39 is 0 Å². The molecule has 0 amide bonds. The SMILES string of the molecule is CCC(CC)(CN)c1nc2ccc(F)cc2n1C(C)C. The van der Waals surface area contributed by atoms with Crippen molar-refractivity contribution in [2.24, 2.45) is 5.73 Å². The molecule has 3 nitrogen and oxygen atoms in total. The summed E-state index contributed by atoms with van der Waals surface area (Å²) in [6, 6.07) is 5.00. The van der Waals surface area contributed by atoms with Gasteiger partial charge in [0.2, 0.25) is 0 Å². The number of halogens is 1. The van der Waals surface area contributed by atoms with E-state index in [-0.39, 0.29) is 17.3 Å². The molecule has 0 saturated heterocycles. The van der Waals surface area contributed by atoms with Gasteiger partial charge in [0.25, 0.3) is 0 Å². The second-order valence-corrected chi connectivity index (χ2v) is 5.72. The van der Waals surface area contributed by atoms with Crippen molar-refractivity contribution >= 4 is 11.0 Å². The highest BCUT2D eigenvalue weighted by atomic mass is 19.1. The maximum absolute atomic E-state index is 13.6. The van der Waals surface area contributed by atoms with Crippen LogP contribution in [0, 0.1) is 5.82 Å². The van der Waals surface area contributed by atoms with Crippen LogP contribution in [0.25, 0.3) is 11.0 Å². The van der Waals surface area contributed by atoms with Gasteiger partial charge in [0.05, 0.1) is 11.0 Å². The van der Waals surface area contributed by atoms with Gasteiger partial charge >= 0.3 is 0 Å². The number of hydrogen-bond acceptors (Lipinski definition) is 2. The molecule has 2 rings (SSSR count). The number of aromatic nitrogens is 2. The Bertz CT molecular complexity index is 589. The number of benzene rings is 1. The van der Waals surface area contributed by atoms with E-state index in [0.717, 1.165) is 29.7 Å². The fourth-order valence-corrected chi connectivity index (χ4v) is 2.91. The Morgan fingerprint density at radius 3 is 2.45 bits per heavy atom. The molecule has 4 heteroatoms. The van der Waals surface area contributed by atoms with Crippen LogP contribution in [0.3, 0.4) is 0 Å². The molecule has 0 aliphatic rings. The second-order valence-electron chi connectivity index (χ2n) is 5.72. The minimum atomic E-state index is -0.225. The average Bonchev–Trinajstić information content (AvgIpc) is 2.80. The highest BCUT2D eigenvalue weighted by Gasteiger charge is 2.33. The highest BCUT2D eigenvalue weighted by molar-refractivity contribution is 5.76. The second kappa shape index (κ2) is 5.52. The van der Waals surface area contributed by atoms with Gasteiger partial charge in [-0.15, -0.1) is 0 Å². The first-order chi connectivity index (χ1) is 9.49. The number of rotatable bonds is 5. The van der Waals surface area contributed by atoms with Crippen molar-refractivity contribution in [2.45, 2.75) is 52.0 Å². The third kappa shape index (κ3) is 2.22. The lowest BCUT2D eigenvalue weighted by Gasteiger charge is -2.31. The van der Waals surface area contributed by atoms with Crippen molar-refractivity contribution in [2.75, 3.05) is 6.54 Å². The van der Waals surface area contributed by atoms with Crippen LogP contribution in [0.15, 0.2) is 18.2 Å². The van der Waals surface area contributed by atoms with Gasteiger partial charge in [0.1, 0.15) is 11.6 Å². The molecule has 0 spiro atoms. The van der Waals surface area contributed by atoms with E-state index in [9.17, 15) is 4.39 Å². The minimum absolute atomic E-state index is 0.139. The monoisotopic (exact) mass is 277 g/mol. The van der Waals surface area contributed by atoms with E-state index in [1.165, 1.54) is 6.07 Å². The standard InChI is InChI=1S/C16H24FN3/c1-5-16(6-2,10-18)15-19-13-8-7-12(17)9-14(13)20(15)11(3)4/h7-9,11H,5-6,10,18H2,1-4H3. The molecule has 0 radical (unpaired) electrons. The molecule has 110 valence electrons. The summed E-state index contributed by atoms with van der Waals surface area (Å²) in [5, 5.41) is 0. The molecule has 0 aliphatic heterocycles. The lowest BCUT2D eigenvalue weighted by molar-refractivity contribution is 0.359. The molecule has 20 heavy (non-hydrogen) atoms. The molecule has 0 bridgehead atoms. The lowest BCUT2D eigenvalue weighted by Crippen LogP contribution is -2.37. The predicted molar refractivity (Wildman–Crippen MR) is 81.4 cm³/mol. The number of nitrogens with two attached hydrogens (primary N) is 1. The Kier molecular flexibility index (Phi) is 4.14. The highest BCUT2D eigenvalue weighted by Crippen LogP contribution is 2.34. The van der Waals surface area contributed by atoms with E-state index >= 15 is 0 Å². The van der Waals surface area contributed by atoms with Crippen LogP contribution in [0.2, 0.25) is 0 Å². The molecule has 1 aromatic heterocycles. The van der Waals surface area contributed by atoms with Crippen LogP contribution < -0.4 is 5.73 Å². The minimum Gasteiger partial charge on any atom is -0.329 e. The zero-order valence-corrected chi connectivity index (χ0v) is 12.8. The van der Waals surface area contributed by atoms with Crippen LogP contribution in [-0.4, -0.2) is 16.1 Å². The van der Waals surface area contributed by atoms with Crippen LogP contribution in [0.1, 0.15) is 52.4 Å². The maximum atomic E-state index is 13.6. The molecule has 2 aromatic rings. The summed E-state index contributed by atoms with van der Waals surface area (Å²) in [4.78, 5) is 4.78. The summed E-state index contributed by atoms with van der Waals surface area (Å²) in [6.45, 7) is 9.03. The van der Waals surface area contributed by atoms with E-state index in [0.29, 0.717) is 6.54 Å². The number of imidazole rings is 1. The molecule has 2 N–H and O–H groups in total. The Morgan fingerprint density at radius 1 is 1.30 bits per heavy atom. The Balaban J connectivity index is 2.78. The molecule has 0 saturated carbocycles. The van der Waals surface area contributed by atoms with Gasteiger partial charge in [-0.1, -0.05) is 13.8 Å². The molecule has 1 heterocycles. The fraction of sp³-hybridized carbons (Fsp3) is 0.562. The molecule has 0 atom stereocenters. The van der Waals surface area contributed by atoms with E-state index in [1.54, 1.807) is 12.1 Å². The molecule has 0 aliphatic carbocycles. The average molecular weight is 277 g/mol. The lowest BCUT2D eigenvalue weighted by atomic mass is 9.81. The molecule has 0 unspecified atom stereocenters. The van der Waals surface area contributed by atoms with Crippen molar-refractivity contribution in [1.29, 1.82) is 0 Å². The largest absolute Gasteiger partial charge is 0.329 e. The zero-order chi connectivity index (χ0) is 14.9. The van der Waals surface area contributed by atoms with Crippen LogP contribution in [-0.2, 0) is 5.41 Å². The van der Waals surface area contributed by atoms with Gasteiger partial charge in [-0.3, -0.25) is 0 Å². The quantitative estimate of drug-likeness (QED) is 0.904. The number of hydrogen-bond donors (Lipinski definition) is 1. The smallest absolute Gasteiger partial charge is 0.125 e. The predicted octanol–water partition coefficient (Wildman–Crippen LogP) is 3.77. The topological polar surface area (TPSA) is 43.8 Å². The maximum Gasteiger partial charge on any atom is 0.125 e. The Hall–Kier alpha value is -1.42. The van der Waals surface area contributed by atoms with Gasteiger partial charge < -0.3 is 10.3 Å². The third-order valence-electron chi connectivity index (χ3n) is 4.39. The summed E-state index contributed by atoms with van der Waals surface area (Å²) in [5.41, 5.74) is 7.61. The van der Waals surface area contributed by atoms with Crippen molar-refractivity contribution in [3.8, 4) is 0 Å². The Morgan fingerprint density at radius 2 is 1.95 bits per heavy atom. The normalized spacial score (nSPS) is 12.6. The van der Waals surface area contributed by atoms with Gasteiger partial charge in [-0.25, -0.2) is 9.37 Å². The molecular weight excluding hydrogens is 253 g/mol. The van der Waals surface area contributed by atoms with E-state index in [1.807, 2.05) is 0 Å². The van der Waals surface area contributed by atoms with Crippen molar-refractivity contribution in [3.05, 3.63) is 29.8 Å². The third-order valence-corrected chi connectivity index (χ3v) is 4.39. The first kappa shape index (κ1) is 15.0. The van der Waals surface area contributed by atoms with Gasteiger partial charge in [0, 0.05) is 18.0 Å². The molecular formula is C16H24FN3. The van der Waals surface area contributed by atoms with Crippen molar-refractivity contribution in [1.82, 2.24) is 9.55 Å². The van der Waals surface area contributed by atoms with Gasteiger partial charge in [0.15, 0.2) is 0 Å². The summed E-state index contributed by atoms with van der Waals surface area (Å²) < 4.78 is 15.7. The zero-order valence-electron chi connectivity index (χ0n) is 12.8. The van der Waals surface area contributed by atoms with E-state index in [4.69, 9.17) is 10.7 Å². The first-order valence-electron chi connectivity index (χ1n) is 7.37. The number of fused-ring (bicyclic) bond motifs is 1. The number of nitrogens with zero attached hydrogens (tertiary/aromatic N) is 2. The van der Waals surface area contributed by atoms with Crippen LogP contribution in [0.4, 0.5) is 4.39 Å². The van der Waals surface area contributed by atoms with Gasteiger partial charge in [-0.2, -0.15) is 0 Å². The molecule has 1 aromatic carbocycles. The van der Waals surface area contributed by atoms with Crippen molar-refractivity contribution < 1.29 is 4.39 Å². The first-order valence-corrected chi connectivity index (χ1v) is 7.37. The summed E-state index contributed by atoms with van der Waals surface area (Å²) in [7, 11) is 0. The molecule has 0 fully saturated rings. The van der Waals surface area contributed by atoms with Crippen molar-refractivity contribution in [3.63, 3.8) is 0 Å². The fourth-order valence-electron chi connectivity index (χ4n) is 2.91. The van der Waals surface area contributed by atoms with Gasteiger partial charge in [-0.05, 0) is 44.9 Å². The summed E-state index contributed by atoms with van der Waals surface area (Å²) in [6.07, 6.45) is 1.86.